The maximum atomic E-state index is 5.31. The fraction of sp³-hybridized carbons (Fsp3) is 1.00. The topological polar surface area (TPSA) is 30.9 Å². The lowest BCUT2D eigenvalue weighted by Crippen LogP contribution is -2.30. The van der Waals surface area contributed by atoms with Crippen molar-refractivity contribution in [2.45, 2.75) is 6.10 Å². The molecule has 0 unspecified atom stereocenters. The van der Waals surface area contributed by atoms with Crippen LogP contribution in [0, 0.1) is 0 Å². The number of methoxy groups -OCH3 is 2. The van der Waals surface area contributed by atoms with Crippen molar-refractivity contribution in [3.63, 3.8) is 0 Å². The van der Waals surface area contributed by atoms with E-state index in [1.165, 1.54) is 0 Å². The van der Waals surface area contributed by atoms with Crippen LogP contribution in [0.1, 0.15) is 0 Å². The van der Waals surface area contributed by atoms with Crippen LogP contribution in [0.4, 0.5) is 0 Å². The summed E-state index contributed by atoms with van der Waals surface area (Å²) < 4.78 is 9.85. The summed E-state index contributed by atoms with van der Waals surface area (Å²) in [7, 11) is 6.94. The van der Waals surface area contributed by atoms with Crippen LogP contribution >= 0.6 is 0 Å². The normalized spacial score (nSPS) is 11.5. The number of rotatable bonds is 6. The molecule has 0 rings (SSSR count). The molecule has 0 aliphatic heterocycles. The first kappa shape index (κ1) is 10.8. The molecule has 0 saturated carbocycles. The second kappa shape index (κ2) is 6.54. The second-order valence-electron chi connectivity index (χ2n) is 2.45. The Morgan fingerprint density at radius 3 is 1.82 bits per heavy atom. The van der Waals surface area contributed by atoms with Gasteiger partial charge in [-0.15, -0.1) is 0 Å². The highest BCUT2D eigenvalue weighted by Gasteiger charge is 2.09. The van der Waals surface area contributed by atoms with Gasteiger partial charge in [0.15, 0.2) is 0 Å². The van der Waals surface area contributed by atoms with E-state index in [1.807, 2.05) is 14.1 Å². The van der Waals surface area contributed by atoms with Gasteiger partial charge in [-0.25, -0.2) is 0 Å². The molecular formula is C7H17NO3. The molecule has 0 fully saturated rings. The highest BCUT2D eigenvalue weighted by atomic mass is 16.7. The minimum atomic E-state index is -0.0139. The molecule has 0 aromatic carbocycles. The summed E-state index contributed by atoms with van der Waals surface area (Å²) in [4.78, 5) is 5.31. The fourth-order valence-electron chi connectivity index (χ4n) is 0.779. The zero-order valence-corrected chi connectivity index (χ0v) is 7.66. The third kappa shape index (κ3) is 6.25. The zero-order chi connectivity index (χ0) is 8.69. The van der Waals surface area contributed by atoms with E-state index in [2.05, 4.69) is 0 Å². The van der Waals surface area contributed by atoms with E-state index in [0.29, 0.717) is 13.2 Å². The highest BCUT2D eigenvalue weighted by Crippen LogP contribution is 1.94. The highest BCUT2D eigenvalue weighted by molar-refractivity contribution is 4.52. The van der Waals surface area contributed by atoms with E-state index < -0.39 is 0 Å². The smallest absolute Gasteiger partial charge is 0.126 e. The van der Waals surface area contributed by atoms with Crippen molar-refractivity contribution in [1.82, 2.24) is 5.06 Å². The molecule has 0 spiro atoms. The summed E-state index contributed by atoms with van der Waals surface area (Å²) in [6.07, 6.45) is -0.0139. The van der Waals surface area contributed by atoms with Gasteiger partial charge in [0, 0.05) is 28.3 Å². The van der Waals surface area contributed by atoms with Gasteiger partial charge >= 0.3 is 0 Å². The van der Waals surface area contributed by atoms with Gasteiger partial charge in [0.2, 0.25) is 0 Å². The molecule has 0 atom stereocenters. The van der Waals surface area contributed by atoms with Gasteiger partial charge < -0.3 is 9.47 Å². The van der Waals surface area contributed by atoms with E-state index in [1.54, 1.807) is 19.3 Å². The van der Waals surface area contributed by atoms with E-state index in [4.69, 9.17) is 14.3 Å². The van der Waals surface area contributed by atoms with Crippen molar-refractivity contribution in [3.8, 4) is 0 Å². The van der Waals surface area contributed by atoms with Crippen molar-refractivity contribution in [3.05, 3.63) is 0 Å². The molecule has 0 N–H and O–H groups in total. The molecule has 4 nitrogen and oxygen atoms in total. The molecule has 0 aromatic rings. The van der Waals surface area contributed by atoms with Crippen molar-refractivity contribution in [2.75, 3.05) is 41.5 Å². The van der Waals surface area contributed by atoms with Crippen LogP contribution < -0.4 is 0 Å². The maximum Gasteiger partial charge on any atom is 0.126 e. The maximum absolute atomic E-state index is 5.31. The monoisotopic (exact) mass is 163 g/mol. The van der Waals surface area contributed by atoms with Crippen molar-refractivity contribution >= 4 is 0 Å². The van der Waals surface area contributed by atoms with Gasteiger partial charge in [-0.3, -0.25) is 4.84 Å². The Morgan fingerprint density at radius 2 is 1.55 bits per heavy atom. The molecule has 68 valence electrons. The first-order valence-corrected chi connectivity index (χ1v) is 3.52. The van der Waals surface area contributed by atoms with Gasteiger partial charge in [0.05, 0.1) is 13.2 Å². The second-order valence-corrected chi connectivity index (χ2v) is 2.45. The van der Waals surface area contributed by atoms with E-state index in [-0.39, 0.29) is 6.10 Å². The van der Waals surface area contributed by atoms with Gasteiger partial charge in [-0.2, -0.15) is 5.06 Å². The van der Waals surface area contributed by atoms with Gasteiger partial charge in [-0.1, -0.05) is 0 Å². The minimum absolute atomic E-state index is 0.0139. The standard InChI is InChI=1S/C7H17NO3/c1-8(2)11-7(5-9-3)6-10-4/h7H,5-6H2,1-4H3. The Balaban J connectivity index is 3.50. The zero-order valence-electron chi connectivity index (χ0n) is 7.66. The molecule has 0 heterocycles. The molecule has 0 aliphatic carbocycles. The SMILES string of the molecule is COCC(COC)ON(C)C. The van der Waals surface area contributed by atoms with Gasteiger partial charge in [0.25, 0.3) is 0 Å². The average molecular weight is 163 g/mol. The summed E-state index contributed by atoms with van der Waals surface area (Å²) in [5.74, 6) is 0. The minimum Gasteiger partial charge on any atom is -0.382 e. The lowest BCUT2D eigenvalue weighted by molar-refractivity contribution is -0.191. The predicted octanol–water partition coefficient (Wildman–Crippen LogP) is 0.141. The molecule has 0 radical (unpaired) electrons. The third-order valence-corrected chi connectivity index (χ3v) is 1.07. The Labute approximate surface area is 68.0 Å². The molecule has 0 amide bonds. The van der Waals surface area contributed by atoms with Crippen LogP contribution in [0.3, 0.4) is 0 Å². The molecular weight excluding hydrogens is 146 g/mol. The fourth-order valence-corrected chi connectivity index (χ4v) is 0.779. The number of nitrogens with zero attached hydrogens (tertiary/aromatic N) is 1. The van der Waals surface area contributed by atoms with Crippen LogP contribution in [-0.2, 0) is 14.3 Å². The third-order valence-electron chi connectivity index (χ3n) is 1.07. The van der Waals surface area contributed by atoms with E-state index in [9.17, 15) is 0 Å². The van der Waals surface area contributed by atoms with Gasteiger partial charge in [0.1, 0.15) is 6.10 Å². The van der Waals surface area contributed by atoms with Crippen molar-refractivity contribution in [1.29, 1.82) is 0 Å². The molecule has 0 bridgehead atoms. The Kier molecular flexibility index (Phi) is 6.45. The Hall–Kier alpha value is -0.160. The number of hydrogen-bond acceptors (Lipinski definition) is 4. The molecule has 0 saturated heterocycles. The quantitative estimate of drug-likeness (QED) is 0.521. The summed E-state index contributed by atoms with van der Waals surface area (Å²) >= 11 is 0. The van der Waals surface area contributed by atoms with Crippen LogP contribution in [0.15, 0.2) is 0 Å². The van der Waals surface area contributed by atoms with Crippen LogP contribution in [0.5, 0.6) is 0 Å². The van der Waals surface area contributed by atoms with Crippen LogP contribution in [0.2, 0.25) is 0 Å². The molecule has 11 heavy (non-hydrogen) atoms. The van der Waals surface area contributed by atoms with Gasteiger partial charge in [-0.05, 0) is 0 Å². The first-order chi connectivity index (χ1) is 5.20. The Morgan fingerprint density at radius 1 is 1.09 bits per heavy atom. The lowest BCUT2D eigenvalue weighted by atomic mass is 10.4. The number of hydrogen-bond donors (Lipinski definition) is 0. The average Bonchev–Trinajstić information content (AvgIpc) is 1.87. The largest absolute Gasteiger partial charge is 0.382 e. The number of hydroxylamine groups is 2. The summed E-state index contributed by atoms with van der Waals surface area (Å²) in [6, 6.07) is 0. The summed E-state index contributed by atoms with van der Waals surface area (Å²) in [6.45, 7) is 1.10. The lowest BCUT2D eigenvalue weighted by Gasteiger charge is -2.19. The molecule has 0 aliphatic rings. The van der Waals surface area contributed by atoms with Crippen molar-refractivity contribution < 1.29 is 14.3 Å². The van der Waals surface area contributed by atoms with Crippen LogP contribution in [0.25, 0.3) is 0 Å². The Bertz CT molecular complexity index is 81.8. The molecule has 4 heteroatoms. The summed E-state index contributed by atoms with van der Waals surface area (Å²) in [5.41, 5.74) is 0. The predicted molar refractivity (Wildman–Crippen MR) is 42.3 cm³/mol. The molecule has 0 aromatic heterocycles. The van der Waals surface area contributed by atoms with Crippen molar-refractivity contribution in [2.24, 2.45) is 0 Å². The van der Waals surface area contributed by atoms with Crippen LogP contribution in [-0.4, -0.2) is 52.7 Å². The van der Waals surface area contributed by atoms with E-state index in [0.717, 1.165) is 0 Å². The van der Waals surface area contributed by atoms with E-state index >= 15 is 0 Å². The summed E-state index contributed by atoms with van der Waals surface area (Å²) in [5, 5.41) is 1.64. The first-order valence-electron chi connectivity index (χ1n) is 3.52. The number of ether oxygens (including phenoxy) is 2.